The predicted molar refractivity (Wildman–Crippen MR) is 105 cm³/mol. The van der Waals surface area contributed by atoms with Crippen molar-refractivity contribution in [2.45, 2.75) is 31.9 Å². The maximum absolute atomic E-state index is 6.11. The molecule has 3 rings (SSSR count). The molecule has 1 aromatic heterocycles. The summed E-state index contributed by atoms with van der Waals surface area (Å²) in [7, 11) is 3.23. The van der Waals surface area contributed by atoms with Crippen LogP contribution in [0.15, 0.2) is 36.5 Å². The standard InChI is InChI=1S/C19H23N3O3S/c1-19(2)10-15(14-7-6-13(23-3)9-16(14)25-19)22-18(26)21-12-5-8-17(24-4)20-11-12/h5-9,11,15H,10H2,1-4H3,(H2,21,22,26)/t15-/m0/s1. The number of rotatable bonds is 4. The minimum atomic E-state index is -0.311. The molecule has 6 nitrogen and oxygen atoms in total. The zero-order valence-corrected chi connectivity index (χ0v) is 16.1. The van der Waals surface area contributed by atoms with Gasteiger partial charge < -0.3 is 24.8 Å². The van der Waals surface area contributed by atoms with Crippen LogP contribution in [-0.2, 0) is 0 Å². The minimum absolute atomic E-state index is 0.0332. The van der Waals surface area contributed by atoms with E-state index in [2.05, 4.69) is 29.5 Å². The fourth-order valence-electron chi connectivity index (χ4n) is 2.99. The van der Waals surface area contributed by atoms with Crippen LogP contribution in [0, 0.1) is 0 Å². The Balaban J connectivity index is 1.75. The van der Waals surface area contributed by atoms with Crippen LogP contribution in [0.5, 0.6) is 17.4 Å². The zero-order valence-electron chi connectivity index (χ0n) is 15.3. The van der Waals surface area contributed by atoms with Gasteiger partial charge >= 0.3 is 0 Å². The van der Waals surface area contributed by atoms with Crippen LogP contribution in [0.3, 0.4) is 0 Å². The molecule has 0 bridgehead atoms. The first kappa shape index (κ1) is 18.3. The summed E-state index contributed by atoms with van der Waals surface area (Å²) in [5, 5.41) is 7.07. The van der Waals surface area contributed by atoms with Gasteiger partial charge in [0, 0.05) is 24.1 Å². The van der Waals surface area contributed by atoms with Crippen molar-refractivity contribution in [3.05, 3.63) is 42.1 Å². The van der Waals surface area contributed by atoms with E-state index >= 15 is 0 Å². The highest BCUT2D eigenvalue weighted by atomic mass is 32.1. The van der Waals surface area contributed by atoms with Crippen molar-refractivity contribution in [1.82, 2.24) is 10.3 Å². The fourth-order valence-corrected chi connectivity index (χ4v) is 3.25. The van der Waals surface area contributed by atoms with Crippen molar-refractivity contribution >= 4 is 23.0 Å². The number of methoxy groups -OCH3 is 2. The number of nitrogens with zero attached hydrogens (tertiary/aromatic N) is 1. The lowest BCUT2D eigenvalue weighted by molar-refractivity contribution is 0.0693. The largest absolute Gasteiger partial charge is 0.497 e. The van der Waals surface area contributed by atoms with Crippen LogP contribution in [0.25, 0.3) is 0 Å². The van der Waals surface area contributed by atoms with E-state index in [4.69, 9.17) is 26.4 Å². The monoisotopic (exact) mass is 373 g/mol. The van der Waals surface area contributed by atoms with E-state index in [1.165, 1.54) is 0 Å². The Morgan fingerprint density at radius 2 is 2.04 bits per heavy atom. The molecular weight excluding hydrogens is 350 g/mol. The molecule has 138 valence electrons. The molecule has 2 aromatic rings. The van der Waals surface area contributed by atoms with Crippen molar-refractivity contribution in [1.29, 1.82) is 0 Å². The van der Waals surface area contributed by atoms with Crippen molar-refractivity contribution in [3.63, 3.8) is 0 Å². The third kappa shape index (κ3) is 4.16. The summed E-state index contributed by atoms with van der Waals surface area (Å²) >= 11 is 5.48. The summed E-state index contributed by atoms with van der Waals surface area (Å²) in [5.41, 5.74) is 1.54. The van der Waals surface area contributed by atoms with Crippen molar-refractivity contribution < 1.29 is 14.2 Å². The van der Waals surface area contributed by atoms with E-state index < -0.39 is 0 Å². The van der Waals surface area contributed by atoms with E-state index in [9.17, 15) is 0 Å². The van der Waals surface area contributed by atoms with Gasteiger partial charge in [-0.05, 0) is 44.3 Å². The second kappa shape index (κ2) is 7.37. The molecular formula is C19H23N3O3S. The second-order valence-electron chi connectivity index (χ2n) is 6.71. The molecule has 0 saturated carbocycles. The quantitative estimate of drug-likeness (QED) is 0.793. The smallest absolute Gasteiger partial charge is 0.213 e. The fraction of sp³-hybridized carbons (Fsp3) is 0.368. The molecule has 2 N–H and O–H groups in total. The van der Waals surface area contributed by atoms with E-state index in [1.807, 2.05) is 24.3 Å². The molecule has 0 saturated heterocycles. The molecule has 0 unspecified atom stereocenters. The summed E-state index contributed by atoms with van der Waals surface area (Å²) in [5.74, 6) is 2.14. The summed E-state index contributed by atoms with van der Waals surface area (Å²) < 4.78 is 16.5. The first-order valence-corrected chi connectivity index (χ1v) is 8.75. The highest BCUT2D eigenvalue weighted by Crippen LogP contribution is 2.41. The lowest BCUT2D eigenvalue weighted by atomic mass is 9.89. The summed E-state index contributed by atoms with van der Waals surface area (Å²) in [4.78, 5) is 4.17. The number of anilines is 1. The van der Waals surface area contributed by atoms with Crippen LogP contribution >= 0.6 is 12.2 Å². The zero-order chi connectivity index (χ0) is 18.7. The number of hydrogen-bond acceptors (Lipinski definition) is 5. The number of benzene rings is 1. The van der Waals surface area contributed by atoms with Crippen LogP contribution < -0.4 is 24.8 Å². The average Bonchev–Trinajstić information content (AvgIpc) is 2.60. The Labute approximate surface area is 158 Å². The lowest BCUT2D eigenvalue weighted by Gasteiger charge is -2.38. The van der Waals surface area contributed by atoms with E-state index in [0.717, 1.165) is 29.2 Å². The topological polar surface area (TPSA) is 64.6 Å². The molecule has 1 aliphatic rings. The Kier molecular flexibility index (Phi) is 5.18. The van der Waals surface area contributed by atoms with Crippen LogP contribution in [-0.4, -0.2) is 29.9 Å². The van der Waals surface area contributed by atoms with Gasteiger partial charge in [0.05, 0.1) is 32.1 Å². The number of fused-ring (bicyclic) bond motifs is 1. The second-order valence-corrected chi connectivity index (χ2v) is 7.12. The SMILES string of the molecule is COc1ccc2c(c1)OC(C)(C)C[C@@H]2NC(=S)Nc1ccc(OC)nc1. The first-order chi connectivity index (χ1) is 12.4. The first-order valence-electron chi connectivity index (χ1n) is 8.35. The molecule has 1 atom stereocenters. The van der Waals surface area contributed by atoms with Crippen LogP contribution in [0.2, 0.25) is 0 Å². The number of pyridine rings is 1. The Morgan fingerprint density at radius 3 is 2.69 bits per heavy atom. The summed E-state index contributed by atoms with van der Waals surface area (Å²) in [6.07, 6.45) is 2.47. The van der Waals surface area contributed by atoms with Gasteiger partial charge in [-0.2, -0.15) is 0 Å². The Morgan fingerprint density at radius 1 is 1.23 bits per heavy atom. The number of aromatic nitrogens is 1. The van der Waals surface area contributed by atoms with E-state index in [-0.39, 0.29) is 11.6 Å². The average molecular weight is 373 g/mol. The van der Waals surface area contributed by atoms with Gasteiger partial charge in [0.25, 0.3) is 0 Å². The number of nitrogens with one attached hydrogen (secondary N) is 2. The van der Waals surface area contributed by atoms with Crippen molar-refractivity contribution in [2.75, 3.05) is 19.5 Å². The summed E-state index contributed by atoms with van der Waals surface area (Å²) in [6, 6.07) is 9.54. The molecule has 2 heterocycles. The van der Waals surface area contributed by atoms with Gasteiger partial charge in [0.15, 0.2) is 5.11 Å². The molecule has 7 heteroatoms. The van der Waals surface area contributed by atoms with Crippen LogP contribution in [0.1, 0.15) is 31.9 Å². The van der Waals surface area contributed by atoms with Crippen LogP contribution in [0.4, 0.5) is 5.69 Å². The maximum atomic E-state index is 6.11. The molecule has 0 spiro atoms. The molecule has 0 radical (unpaired) electrons. The van der Waals surface area contributed by atoms with Gasteiger partial charge in [-0.1, -0.05) is 0 Å². The lowest BCUT2D eigenvalue weighted by Crippen LogP contribution is -2.42. The number of ether oxygens (including phenoxy) is 3. The Bertz CT molecular complexity index is 793. The third-order valence-electron chi connectivity index (χ3n) is 4.19. The van der Waals surface area contributed by atoms with Gasteiger partial charge in [-0.25, -0.2) is 4.98 Å². The van der Waals surface area contributed by atoms with E-state index in [0.29, 0.717) is 11.0 Å². The summed E-state index contributed by atoms with van der Waals surface area (Å²) in [6.45, 7) is 4.13. The molecule has 0 aliphatic carbocycles. The molecule has 0 fully saturated rings. The van der Waals surface area contributed by atoms with E-state index in [1.54, 1.807) is 26.5 Å². The minimum Gasteiger partial charge on any atom is -0.497 e. The van der Waals surface area contributed by atoms with Gasteiger partial charge in [-0.15, -0.1) is 0 Å². The van der Waals surface area contributed by atoms with Crippen molar-refractivity contribution in [2.24, 2.45) is 0 Å². The highest BCUT2D eigenvalue weighted by molar-refractivity contribution is 7.80. The molecule has 1 aliphatic heterocycles. The Hall–Kier alpha value is -2.54. The van der Waals surface area contributed by atoms with Gasteiger partial charge in [0.2, 0.25) is 5.88 Å². The number of thiocarbonyl (C=S) groups is 1. The normalized spacial score (nSPS) is 17.5. The third-order valence-corrected chi connectivity index (χ3v) is 4.41. The maximum Gasteiger partial charge on any atom is 0.213 e. The number of hydrogen-bond donors (Lipinski definition) is 2. The van der Waals surface area contributed by atoms with Crippen molar-refractivity contribution in [3.8, 4) is 17.4 Å². The van der Waals surface area contributed by atoms with Gasteiger partial charge in [0.1, 0.15) is 17.1 Å². The van der Waals surface area contributed by atoms with Gasteiger partial charge in [-0.3, -0.25) is 0 Å². The molecule has 26 heavy (non-hydrogen) atoms. The molecule has 0 amide bonds. The highest BCUT2D eigenvalue weighted by Gasteiger charge is 2.34. The predicted octanol–water partition coefficient (Wildman–Crippen LogP) is 3.69. The molecule has 1 aromatic carbocycles.